The van der Waals surface area contributed by atoms with Gasteiger partial charge in [0.05, 0.1) is 6.21 Å². The summed E-state index contributed by atoms with van der Waals surface area (Å²) >= 11 is 0. The van der Waals surface area contributed by atoms with Gasteiger partial charge in [0.1, 0.15) is 11.5 Å². The maximum atomic E-state index is 9.45. The number of hydrazone groups is 1. The molecular weight excluding hydrogens is 226 g/mol. The van der Waals surface area contributed by atoms with E-state index in [0.717, 1.165) is 0 Å². The minimum absolute atomic E-state index is 0.0300. The Bertz CT molecular complexity index is 551. The minimum Gasteiger partial charge on any atom is -0.508 e. The molecule has 8 heteroatoms. The summed E-state index contributed by atoms with van der Waals surface area (Å²) in [6.07, 6.45) is 1.34. The fraction of sp³-hybridized carbons (Fsp3) is 0. The van der Waals surface area contributed by atoms with E-state index in [-0.39, 0.29) is 23.1 Å². The van der Waals surface area contributed by atoms with Crippen LogP contribution < -0.4 is 11.2 Å². The minimum atomic E-state index is -0.0956. The quantitative estimate of drug-likeness (QED) is 0.450. The molecular formula is C9H9N5O3. The predicted molar refractivity (Wildman–Crippen MR) is 59.7 cm³/mol. The largest absolute Gasteiger partial charge is 0.508 e. The topological polar surface area (TPSA) is 130 Å². The van der Waals surface area contributed by atoms with Crippen LogP contribution >= 0.6 is 0 Å². The van der Waals surface area contributed by atoms with Gasteiger partial charge in [-0.3, -0.25) is 5.43 Å². The van der Waals surface area contributed by atoms with Crippen molar-refractivity contribution in [2.45, 2.75) is 0 Å². The standard InChI is InChI=1S/C9H9N5O3/c10-8-9(14-17-13-8)12-11-4-5-1-2-6(15)3-7(5)16/h1-4,15-16H,(H2,10,13)(H,12,14)/b11-4+. The summed E-state index contributed by atoms with van der Waals surface area (Å²) in [5.41, 5.74) is 8.29. The number of nitrogen functional groups attached to an aromatic ring is 1. The summed E-state index contributed by atoms with van der Waals surface area (Å²) < 4.78 is 4.34. The number of benzene rings is 1. The Morgan fingerprint density at radius 2 is 2.18 bits per heavy atom. The maximum absolute atomic E-state index is 9.45. The van der Waals surface area contributed by atoms with Crippen molar-refractivity contribution in [2.75, 3.05) is 11.2 Å². The van der Waals surface area contributed by atoms with E-state index >= 15 is 0 Å². The van der Waals surface area contributed by atoms with Crippen LogP contribution in [-0.4, -0.2) is 26.7 Å². The van der Waals surface area contributed by atoms with Gasteiger partial charge in [-0.15, -0.1) is 0 Å². The molecule has 0 saturated carbocycles. The fourth-order valence-corrected chi connectivity index (χ4v) is 1.08. The van der Waals surface area contributed by atoms with Crippen molar-refractivity contribution < 1.29 is 14.8 Å². The SMILES string of the molecule is Nc1nonc1N/N=C/c1ccc(O)cc1O. The number of rotatable bonds is 3. The summed E-state index contributed by atoms with van der Waals surface area (Å²) in [6.45, 7) is 0. The van der Waals surface area contributed by atoms with Gasteiger partial charge in [-0.1, -0.05) is 0 Å². The van der Waals surface area contributed by atoms with Crippen LogP contribution in [0.15, 0.2) is 27.9 Å². The van der Waals surface area contributed by atoms with Crippen LogP contribution in [0, 0.1) is 0 Å². The monoisotopic (exact) mass is 235 g/mol. The average molecular weight is 235 g/mol. The predicted octanol–water partition coefficient (Wildman–Crippen LogP) is 0.509. The third kappa shape index (κ3) is 2.43. The number of aromatic nitrogens is 2. The summed E-state index contributed by atoms with van der Waals surface area (Å²) in [5.74, 6) is 0.135. The van der Waals surface area contributed by atoms with Crippen LogP contribution in [0.4, 0.5) is 11.6 Å². The number of aromatic hydroxyl groups is 2. The lowest BCUT2D eigenvalue weighted by Gasteiger charge is -1.99. The molecule has 0 aliphatic rings. The highest BCUT2D eigenvalue weighted by molar-refractivity contribution is 5.84. The molecule has 0 radical (unpaired) electrons. The first-order chi connectivity index (χ1) is 8.16. The van der Waals surface area contributed by atoms with Gasteiger partial charge in [-0.05, 0) is 22.4 Å². The second-order valence-electron chi connectivity index (χ2n) is 3.11. The fourth-order valence-electron chi connectivity index (χ4n) is 1.08. The zero-order valence-electron chi connectivity index (χ0n) is 8.53. The molecule has 0 atom stereocenters. The molecule has 2 aromatic rings. The van der Waals surface area contributed by atoms with Crippen LogP contribution in [0.5, 0.6) is 11.5 Å². The summed E-state index contributed by atoms with van der Waals surface area (Å²) in [5, 5.41) is 29.1. The molecule has 0 aliphatic heterocycles. The normalized spacial score (nSPS) is 10.8. The van der Waals surface area contributed by atoms with Gasteiger partial charge in [0.25, 0.3) is 0 Å². The second kappa shape index (κ2) is 4.39. The van der Waals surface area contributed by atoms with Crippen LogP contribution in [0.2, 0.25) is 0 Å². The number of nitrogens with two attached hydrogens (primary N) is 1. The van der Waals surface area contributed by atoms with E-state index in [1.165, 1.54) is 24.4 Å². The van der Waals surface area contributed by atoms with Crippen molar-refractivity contribution in [1.82, 2.24) is 10.3 Å². The van der Waals surface area contributed by atoms with Crippen LogP contribution in [-0.2, 0) is 0 Å². The van der Waals surface area contributed by atoms with E-state index in [2.05, 4.69) is 25.5 Å². The van der Waals surface area contributed by atoms with E-state index in [9.17, 15) is 5.11 Å². The lowest BCUT2D eigenvalue weighted by atomic mass is 10.2. The molecule has 1 aromatic carbocycles. The number of nitrogens with zero attached hydrogens (tertiary/aromatic N) is 3. The Kier molecular flexibility index (Phi) is 2.77. The molecule has 5 N–H and O–H groups in total. The Hall–Kier alpha value is -2.77. The first-order valence-corrected chi connectivity index (χ1v) is 4.56. The van der Waals surface area contributed by atoms with Gasteiger partial charge in [0.15, 0.2) is 0 Å². The summed E-state index contributed by atoms with van der Waals surface area (Å²) in [6, 6.07) is 4.13. The van der Waals surface area contributed by atoms with Crippen molar-refractivity contribution in [3.63, 3.8) is 0 Å². The van der Waals surface area contributed by atoms with Crippen molar-refractivity contribution in [2.24, 2.45) is 5.10 Å². The van der Waals surface area contributed by atoms with E-state index in [1.807, 2.05) is 0 Å². The molecule has 2 rings (SSSR count). The van der Waals surface area contributed by atoms with Gasteiger partial charge in [-0.2, -0.15) is 5.10 Å². The third-order valence-electron chi connectivity index (χ3n) is 1.90. The Labute approximate surface area is 95.3 Å². The van der Waals surface area contributed by atoms with E-state index < -0.39 is 0 Å². The van der Waals surface area contributed by atoms with Crippen molar-refractivity contribution >= 4 is 17.9 Å². The molecule has 0 aliphatic carbocycles. The van der Waals surface area contributed by atoms with Gasteiger partial charge in [-0.25, -0.2) is 4.63 Å². The molecule has 0 spiro atoms. The van der Waals surface area contributed by atoms with Crippen LogP contribution in [0.3, 0.4) is 0 Å². The van der Waals surface area contributed by atoms with Gasteiger partial charge >= 0.3 is 0 Å². The molecule has 0 fully saturated rings. The second-order valence-corrected chi connectivity index (χ2v) is 3.11. The summed E-state index contributed by atoms with van der Waals surface area (Å²) in [7, 11) is 0. The summed E-state index contributed by atoms with van der Waals surface area (Å²) in [4.78, 5) is 0. The van der Waals surface area contributed by atoms with Crippen molar-refractivity contribution in [3.05, 3.63) is 23.8 Å². The van der Waals surface area contributed by atoms with E-state index in [1.54, 1.807) is 0 Å². The highest BCUT2D eigenvalue weighted by atomic mass is 16.6. The Morgan fingerprint density at radius 1 is 1.35 bits per heavy atom. The molecule has 0 unspecified atom stereocenters. The molecule has 0 bridgehead atoms. The van der Waals surface area contributed by atoms with E-state index in [4.69, 9.17) is 10.8 Å². The molecule has 1 heterocycles. The molecule has 0 amide bonds. The first kappa shape index (κ1) is 10.7. The number of hydrogen-bond acceptors (Lipinski definition) is 8. The molecule has 88 valence electrons. The molecule has 8 nitrogen and oxygen atoms in total. The number of phenols is 2. The van der Waals surface area contributed by atoms with E-state index in [0.29, 0.717) is 5.56 Å². The highest BCUT2D eigenvalue weighted by Gasteiger charge is 2.03. The number of hydrogen-bond donors (Lipinski definition) is 4. The van der Waals surface area contributed by atoms with Gasteiger partial charge in [0.2, 0.25) is 11.6 Å². The smallest absolute Gasteiger partial charge is 0.235 e. The van der Waals surface area contributed by atoms with Crippen LogP contribution in [0.25, 0.3) is 0 Å². The molecule has 0 saturated heterocycles. The van der Waals surface area contributed by atoms with Crippen molar-refractivity contribution in [1.29, 1.82) is 0 Å². The maximum Gasteiger partial charge on any atom is 0.235 e. The highest BCUT2D eigenvalue weighted by Crippen LogP contribution is 2.20. The van der Waals surface area contributed by atoms with Crippen molar-refractivity contribution in [3.8, 4) is 11.5 Å². The lowest BCUT2D eigenvalue weighted by Crippen LogP contribution is -1.95. The Morgan fingerprint density at radius 3 is 2.82 bits per heavy atom. The zero-order chi connectivity index (χ0) is 12.3. The lowest BCUT2D eigenvalue weighted by molar-refractivity contribution is 0.310. The Balaban J connectivity index is 2.08. The molecule has 1 aromatic heterocycles. The first-order valence-electron chi connectivity index (χ1n) is 4.56. The number of phenolic OH excluding ortho intramolecular Hbond substituents is 2. The average Bonchev–Trinajstić information content (AvgIpc) is 2.68. The van der Waals surface area contributed by atoms with Crippen LogP contribution in [0.1, 0.15) is 5.56 Å². The number of anilines is 2. The zero-order valence-corrected chi connectivity index (χ0v) is 8.53. The third-order valence-corrected chi connectivity index (χ3v) is 1.90. The number of nitrogens with one attached hydrogen (secondary N) is 1. The molecule has 17 heavy (non-hydrogen) atoms. The van der Waals surface area contributed by atoms with Gasteiger partial charge < -0.3 is 15.9 Å². The van der Waals surface area contributed by atoms with Gasteiger partial charge in [0, 0.05) is 11.6 Å².